The number of carbonyl (C=O) groups excluding carboxylic acids is 2. The summed E-state index contributed by atoms with van der Waals surface area (Å²) in [5.74, 6) is -1.77. The number of methoxy groups -OCH3 is 2. The van der Waals surface area contributed by atoms with Gasteiger partial charge in [-0.1, -0.05) is 48.5 Å². The van der Waals surface area contributed by atoms with Crippen LogP contribution in [-0.2, 0) is 19.1 Å². The van der Waals surface area contributed by atoms with Gasteiger partial charge >= 0.3 is 11.9 Å². The van der Waals surface area contributed by atoms with E-state index >= 15 is 0 Å². The predicted octanol–water partition coefficient (Wildman–Crippen LogP) is 4.12. The monoisotopic (exact) mass is 443 g/mol. The van der Waals surface area contributed by atoms with Crippen molar-refractivity contribution in [3.05, 3.63) is 95.0 Å². The van der Waals surface area contributed by atoms with Crippen molar-refractivity contribution in [2.75, 3.05) is 14.2 Å². The minimum atomic E-state index is -0.723. The molecule has 0 saturated heterocycles. The lowest BCUT2D eigenvalue weighted by atomic mass is 9.79. The van der Waals surface area contributed by atoms with Crippen molar-refractivity contribution in [1.82, 2.24) is 15.1 Å². The average molecular weight is 444 g/mol. The highest BCUT2D eigenvalue weighted by Gasteiger charge is 2.40. The number of aromatic nitrogens is 2. The lowest BCUT2D eigenvalue weighted by Gasteiger charge is -2.29. The zero-order valence-electron chi connectivity index (χ0n) is 19.0. The molecule has 0 saturated carbocycles. The maximum atomic E-state index is 12.9. The normalized spacial score (nSPS) is 14.2. The summed E-state index contributed by atoms with van der Waals surface area (Å²) in [5.41, 5.74) is 4.99. The second-order valence-corrected chi connectivity index (χ2v) is 7.70. The number of nitrogens with zero attached hydrogens (tertiary/aromatic N) is 2. The molecule has 0 atom stereocenters. The minimum absolute atomic E-state index is 0.341. The molecule has 1 N–H and O–H groups in total. The minimum Gasteiger partial charge on any atom is -0.466 e. The van der Waals surface area contributed by atoms with Crippen LogP contribution in [0.2, 0.25) is 0 Å². The molecule has 2 heterocycles. The highest BCUT2D eigenvalue weighted by Crippen LogP contribution is 2.43. The fourth-order valence-corrected chi connectivity index (χ4v) is 4.20. The van der Waals surface area contributed by atoms with Gasteiger partial charge < -0.3 is 14.8 Å². The number of ether oxygens (including phenoxy) is 2. The van der Waals surface area contributed by atoms with E-state index in [2.05, 4.69) is 5.32 Å². The van der Waals surface area contributed by atoms with E-state index in [0.29, 0.717) is 33.8 Å². The highest BCUT2D eigenvalue weighted by molar-refractivity contribution is 6.00. The SMILES string of the molecule is COC(=O)C1=C(C)NC(C)=C(C(=O)OC)C1c1cn(-c2ccccc2)nc1-c1ccccc1. The van der Waals surface area contributed by atoms with Crippen LogP contribution in [0.1, 0.15) is 25.3 Å². The summed E-state index contributed by atoms with van der Waals surface area (Å²) >= 11 is 0. The number of esters is 2. The van der Waals surface area contributed by atoms with E-state index in [4.69, 9.17) is 14.6 Å². The maximum Gasteiger partial charge on any atom is 0.336 e. The molecule has 2 aromatic carbocycles. The molecule has 7 nitrogen and oxygen atoms in total. The molecular weight excluding hydrogens is 418 g/mol. The molecule has 33 heavy (non-hydrogen) atoms. The molecule has 0 fully saturated rings. The van der Waals surface area contributed by atoms with E-state index in [1.54, 1.807) is 18.5 Å². The van der Waals surface area contributed by atoms with Crippen LogP contribution in [0.5, 0.6) is 0 Å². The average Bonchev–Trinajstić information content (AvgIpc) is 3.29. The Bertz CT molecular complexity index is 1220. The van der Waals surface area contributed by atoms with E-state index in [1.165, 1.54) is 14.2 Å². The van der Waals surface area contributed by atoms with E-state index in [1.807, 2.05) is 66.9 Å². The second kappa shape index (κ2) is 9.16. The first-order valence-electron chi connectivity index (χ1n) is 10.5. The van der Waals surface area contributed by atoms with E-state index in [-0.39, 0.29) is 0 Å². The Morgan fingerprint density at radius 3 is 1.88 bits per heavy atom. The Kier molecular flexibility index (Phi) is 6.13. The van der Waals surface area contributed by atoms with Gasteiger partial charge in [-0.15, -0.1) is 0 Å². The van der Waals surface area contributed by atoms with Gasteiger partial charge in [-0.05, 0) is 26.0 Å². The van der Waals surface area contributed by atoms with Gasteiger partial charge in [0.15, 0.2) is 0 Å². The first-order chi connectivity index (χ1) is 16.0. The lowest BCUT2D eigenvalue weighted by molar-refractivity contribution is -0.137. The second-order valence-electron chi connectivity index (χ2n) is 7.70. The molecule has 3 aromatic rings. The van der Waals surface area contributed by atoms with E-state index in [9.17, 15) is 9.59 Å². The lowest BCUT2D eigenvalue weighted by Crippen LogP contribution is -2.32. The third-order valence-electron chi connectivity index (χ3n) is 5.69. The molecule has 1 aliphatic heterocycles. The predicted molar refractivity (Wildman–Crippen MR) is 124 cm³/mol. The highest BCUT2D eigenvalue weighted by atomic mass is 16.5. The summed E-state index contributed by atoms with van der Waals surface area (Å²) in [6.07, 6.45) is 1.86. The number of para-hydroxylation sites is 1. The van der Waals surface area contributed by atoms with Crippen LogP contribution in [0, 0.1) is 0 Å². The van der Waals surface area contributed by atoms with Crippen molar-refractivity contribution >= 4 is 11.9 Å². The molecule has 4 rings (SSSR count). The number of hydrogen-bond donors (Lipinski definition) is 1. The maximum absolute atomic E-state index is 12.9. The summed E-state index contributed by atoms with van der Waals surface area (Å²) in [6, 6.07) is 19.3. The zero-order chi connectivity index (χ0) is 23.5. The van der Waals surface area contributed by atoms with Crippen molar-refractivity contribution in [3.63, 3.8) is 0 Å². The van der Waals surface area contributed by atoms with Crippen molar-refractivity contribution < 1.29 is 19.1 Å². The summed E-state index contributed by atoms with van der Waals surface area (Å²) in [6.45, 7) is 3.58. The molecule has 0 aliphatic carbocycles. The quantitative estimate of drug-likeness (QED) is 0.598. The Hall–Kier alpha value is -4.13. The fraction of sp³-hybridized carbons (Fsp3) is 0.192. The Morgan fingerprint density at radius 1 is 0.848 bits per heavy atom. The van der Waals surface area contributed by atoms with Crippen molar-refractivity contribution in [1.29, 1.82) is 0 Å². The molecule has 7 heteroatoms. The molecule has 1 aromatic heterocycles. The zero-order valence-corrected chi connectivity index (χ0v) is 19.0. The number of allylic oxidation sites excluding steroid dienone is 2. The van der Waals surface area contributed by atoms with Gasteiger partial charge in [-0.2, -0.15) is 5.10 Å². The molecule has 168 valence electrons. The first kappa shape index (κ1) is 22.1. The number of carbonyl (C=O) groups is 2. The Labute approximate surface area is 192 Å². The smallest absolute Gasteiger partial charge is 0.336 e. The topological polar surface area (TPSA) is 82.5 Å². The first-order valence-corrected chi connectivity index (χ1v) is 10.5. The van der Waals surface area contributed by atoms with Crippen LogP contribution < -0.4 is 5.32 Å². The summed E-state index contributed by atoms with van der Waals surface area (Å²) in [4.78, 5) is 25.9. The third-order valence-corrected chi connectivity index (χ3v) is 5.69. The number of benzene rings is 2. The van der Waals surface area contributed by atoms with Gasteiger partial charge in [-0.3, -0.25) is 0 Å². The molecule has 0 spiro atoms. The van der Waals surface area contributed by atoms with E-state index < -0.39 is 17.9 Å². The number of dihydropyridines is 1. The number of nitrogens with one attached hydrogen (secondary N) is 1. The van der Waals surface area contributed by atoms with Gasteiger partial charge in [-0.25, -0.2) is 14.3 Å². The third kappa shape index (κ3) is 4.05. The van der Waals surface area contributed by atoms with Crippen LogP contribution in [0.4, 0.5) is 0 Å². The number of rotatable bonds is 5. The summed E-state index contributed by atoms with van der Waals surface area (Å²) in [5, 5.41) is 8.00. The largest absolute Gasteiger partial charge is 0.466 e. The molecule has 1 aliphatic rings. The van der Waals surface area contributed by atoms with Crippen LogP contribution in [0.15, 0.2) is 89.4 Å². The van der Waals surface area contributed by atoms with E-state index in [0.717, 1.165) is 11.3 Å². The van der Waals surface area contributed by atoms with Gasteiger partial charge in [0.05, 0.1) is 42.7 Å². The van der Waals surface area contributed by atoms with Crippen LogP contribution in [-0.4, -0.2) is 35.9 Å². The van der Waals surface area contributed by atoms with Crippen molar-refractivity contribution in [2.45, 2.75) is 19.8 Å². The van der Waals surface area contributed by atoms with Crippen molar-refractivity contribution in [2.24, 2.45) is 0 Å². The van der Waals surface area contributed by atoms with Gasteiger partial charge in [0, 0.05) is 28.7 Å². The molecule has 0 amide bonds. The Balaban J connectivity index is 2.02. The van der Waals surface area contributed by atoms with Crippen LogP contribution in [0.25, 0.3) is 16.9 Å². The van der Waals surface area contributed by atoms with Gasteiger partial charge in [0.1, 0.15) is 0 Å². The van der Waals surface area contributed by atoms with Crippen LogP contribution in [0.3, 0.4) is 0 Å². The summed E-state index contributed by atoms with van der Waals surface area (Å²) in [7, 11) is 2.66. The molecule has 0 radical (unpaired) electrons. The molecular formula is C26H25N3O4. The number of hydrogen-bond acceptors (Lipinski definition) is 6. The summed E-state index contributed by atoms with van der Waals surface area (Å²) < 4.78 is 12.0. The molecule has 0 unspecified atom stereocenters. The fourth-order valence-electron chi connectivity index (χ4n) is 4.20. The molecule has 0 bridgehead atoms. The standard InChI is InChI=1S/C26H25N3O4/c1-16-21(25(30)32-3)23(22(17(2)27-16)26(31)33-4)20-15-29(19-13-9-6-10-14-19)28-24(20)18-11-7-5-8-12-18/h5-15,23,27H,1-4H3. The van der Waals surface area contributed by atoms with Gasteiger partial charge in [0.25, 0.3) is 0 Å². The Morgan fingerprint density at radius 2 is 1.36 bits per heavy atom. The van der Waals surface area contributed by atoms with Gasteiger partial charge in [0.2, 0.25) is 0 Å². The van der Waals surface area contributed by atoms with Crippen molar-refractivity contribution in [3.8, 4) is 16.9 Å². The van der Waals surface area contributed by atoms with Crippen LogP contribution >= 0.6 is 0 Å².